The summed E-state index contributed by atoms with van der Waals surface area (Å²) >= 11 is 0. The quantitative estimate of drug-likeness (QED) is 0.594. The predicted octanol–water partition coefficient (Wildman–Crippen LogP) is 5.86. The second-order valence-electron chi connectivity index (χ2n) is 7.22. The molecule has 0 amide bonds. The molecule has 0 saturated heterocycles. The molecule has 1 heteroatoms. The Morgan fingerprint density at radius 3 is 2.59 bits per heavy atom. The highest BCUT2D eigenvalue weighted by Gasteiger charge is 2.26. The smallest absolute Gasteiger partial charge is 0.156 e. The van der Waals surface area contributed by atoms with Gasteiger partial charge in [-0.25, -0.2) is 0 Å². The Balaban J connectivity index is 2.03. The van der Waals surface area contributed by atoms with E-state index in [2.05, 4.69) is 58.1 Å². The lowest BCUT2D eigenvalue weighted by Crippen LogP contribution is -2.19. The van der Waals surface area contributed by atoms with Crippen LogP contribution in [0.5, 0.6) is 0 Å². The standard InChI is InChI=1S/C21H28O/c1-16(7-5-9-18-11-12-19(22)15-18)10-13-20-17(2)8-6-14-21(20,3)4/h5,7,9-10,13,15H,6,8,11-12,14H2,1-4H3/b9-5-,13-10+,16-7+. The Morgan fingerprint density at radius 2 is 1.95 bits per heavy atom. The van der Waals surface area contributed by atoms with Crippen molar-refractivity contribution in [1.29, 1.82) is 0 Å². The zero-order chi connectivity index (χ0) is 16.2. The number of hydrogen-bond donors (Lipinski definition) is 0. The van der Waals surface area contributed by atoms with Gasteiger partial charge in [-0.05, 0) is 62.2 Å². The summed E-state index contributed by atoms with van der Waals surface area (Å²) in [6.45, 7) is 9.08. The van der Waals surface area contributed by atoms with Gasteiger partial charge in [-0.15, -0.1) is 0 Å². The first kappa shape index (κ1) is 16.7. The summed E-state index contributed by atoms with van der Waals surface area (Å²) in [5, 5.41) is 0. The van der Waals surface area contributed by atoms with Crippen LogP contribution in [0, 0.1) is 5.41 Å². The molecule has 0 aromatic carbocycles. The molecule has 0 aliphatic heterocycles. The summed E-state index contributed by atoms with van der Waals surface area (Å²) in [5.41, 5.74) is 5.71. The molecule has 0 atom stereocenters. The number of ketones is 1. The zero-order valence-electron chi connectivity index (χ0n) is 14.4. The summed E-state index contributed by atoms with van der Waals surface area (Å²) in [5.74, 6) is 0.252. The lowest BCUT2D eigenvalue weighted by atomic mass is 9.72. The van der Waals surface area contributed by atoms with Gasteiger partial charge in [0.25, 0.3) is 0 Å². The van der Waals surface area contributed by atoms with E-state index >= 15 is 0 Å². The molecule has 0 aromatic heterocycles. The van der Waals surface area contributed by atoms with Crippen molar-refractivity contribution in [3.63, 3.8) is 0 Å². The lowest BCUT2D eigenvalue weighted by Gasteiger charge is -2.32. The molecule has 0 unspecified atom stereocenters. The minimum Gasteiger partial charge on any atom is -0.295 e. The largest absolute Gasteiger partial charge is 0.295 e. The fraction of sp³-hybridized carbons (Fsp3) is 0.476. The molecule has 0 heterocycles. The zero-order valence-corrected chi connectivity index (χ0v) is 14.4. The van der Waals surface area contributed by atoms with E-state index in [0.29, 0.717) is 11.8 Å². The molecule has 0 radical (unpaired) electrons. The first-order chi connectivity index (χ1) is 10.4. The molecule has 0 spiro atoms. The van der Waals surface area contributed by atoms with Crippen LogP contribution >= 0.6 is 0 Å². The molecule has 1 nitrogen and oxygen atoms in total. The SMILES string of the molecule is CC1=C(/C=C/C(C)=C/C=C\C2=CC(=O)CC2)C(C)(C)CCC1. The summed E-state index contributed by atoms with van der Waals surface area (Å²) in [7, 11) is 0. The van der Waals surface area contributed by atoms with E-state index in [9.17, 15) is 4.79 Å². The number of carbonyl (C=O) groups is 1. The number of rotatable bonds is 4. The van der Waals surface area contributed by atoms with Crippen molar-refractivity contribution in [3.8, 4) is 0 Å². The highest BCUT2D eigenvalue weighted by atomic mass is 16.1. The average molecular weight is 296 g/mol. The van der Waals surface area contributed by atoms with Crippen molar-refractivity contribution in [2.75, 3.05) is 0 Å². The third-order valence-electron chi connectivity index (χ3n) is 4.73. The van der Waals surface area contributed by atoms with Gasteiger partial charge in [-0.2, -0.15) is 0 Å². The van der Waals surface area contributed by atoms with Crippen molar-refractivity contribution < 1.29 is 4.79 Å². The number of carbonyl (C=O) groups excluding carboxylic acids is 1. The van der Waals surface area contributed by atoms with E-state index < -0.39 is 0 Å². The molecule has 0 aromatic rings. The highest BCUT2D eigenvalue weighted by Crippen LogP contribution is 2.40. The summed E-state index contributed by atoms with van der Waals surface area (Å²) < 4.78 is 0. The van der Waals surface area contributed by atoms with Crippen LogP contribution < -0.4 is 0 Å². The first-order valence-electron chi connectivity index (χ1n) is 8.35. The molecular formula is C21H28O. The van der Waals surface area contributed by atoms with Gasteiger partial charge in [0, 0.05) is 6.42 Å². The molecule has 2 aliphatic carbocycles. The molecule has 0 fully saturated rings. The second-order valence-corrected chi connectivity index (χ2v) is 7.22. The van der Waals surface area contributed by atoms with Gasteiger partial charge in [0.05, 0.1) is 0 Å². The highest BCUT2D eigenvalue weighted by molar-refractivity contribution is 5.93. The number of allylic oxidation sites excluding steroid dienone is 10. The fourth-order valence-electron chi connectivity index (χ4n) is 3.35. The molecule has 0 N–H and O–H groups in total. The summed E-state index contributed by atoms with van der Waals surface area (Å²) in [6, 6.07) is 0. The molecular weight excluding hydrogens is 268 g/mol. The third kappa shape index (κ3) is 4.43. The van der Waals surface area contributed by atoms with E-state index in [4.69, 9.17) is 0 Å². The van der Waals surface area contributed by atoms with Crippen LogP contribution in [0.15, 0.2) is 58.7 Å². The Labute approximate surface area is 135 Å². The Bertz CT molecular complexity index is 591. The van der Waals surface area contributed by atoms with Crippen molar-refractivity contribution in [2.24, 2.45) is 5.41 Å². The third-order valence-corrected chi connectivity index (χ3v) is 4.73. The molecule has 0 saturated carbocycles. The normalized spacial score (nSPS) is 23.0. The molecule has 2 rings (SSSR count). The molecule has 2 aliphatic rings. The van der Waals surface area contributed by atoms with Crippen LogP contribution in [0.1, 0.15) is 59.8 Å². The maximum Gasteiger partial charge on any atom is 0.156 e. The van der Waals surface area contributed by atoms with Crippen LogP contribution in [-0.2, 0) is 4.79 Å². The van der Waals surface area contributed by atoms with Crippen LogP contribution in [0.3, 0.4) is 0 Å². The Morgan fingerprint density at radius 1 is 1.18 bits per heavy atom. The van der Waals surface area contributed by atoms with Crippen molar-refractivity contribution >= 4 is 5.78 Å². The Kier molecular flexibility index (Phi) is 5.39. The average Bonchev–Trinajstić information content (AvgIpc) is 2.83. The van der Waals surface area contributed by atoms with Crippen molar-refractivity contribution in [2.45, 2.75) is 59.8 Å². The van der Waals surface area contributed by atoms with Crippen LogP contribution in [0.4, 0.5) is 0 Å². The maximum atomic E-state index is 11.2. The molecule has 22 heavy (non-hydrogen) atoms. The first-order valence-corrected chi connectivity index (χ1v) is 8.35. The van der Waals surface area contributed by atoms with Gasteiger partial charge in [0.15, 0.2) is 5.78 Å². The van der Waals surface area contributed by atoms with Gasteiger partial charge in [-0.3, -0.25) is 4.79 Å². The fourth-order valence-corrected chi connectivity index (χ4v) is 3.35. The number of hydrogen-bond acceptors (Lipinski definition) is 1. The van der Waals surface area contributed by atoms with Crippen molar-refractivity contribution in [3.05, 3.63) is 58.7 Å². The lowest BCUT2D eigenvalue weighted by molar-refractivity contribution is -0.114. The van der Waals surface area contributed by atoms with E-state index in [1.54, 1.807) is 6.08 Å². The van der Waals surface area contributed by atoms with E-state index in [1.807, 2.05) is 0 Å². The van der Waals surface area contributed by atoms with Gasteiger partial charge >= 0.3 is 0 Å². The predicted molar refractivity (Wildman–Crippen MR) is 94.7 cm³/mol. The van der Waals surface area contributed by atoms with Gasteiger partial charge in [0.2, 0.25) is 0 Å². The topological polar surface area (TPSA) is 17.1 Å². The minimum atomic E-state index is 0.252. The summed E-state index contributed by atoms with van der Waals surface area (Å²) in [4.78, 5) is 11.2. The molecule has 0 bridgehead atoms. The van der Waals surface area contributed by atoms with Crippen LogP contribution in [0.2, 0.25) is 0 Å². The second kappa shape index (κ2) is 7.09. The van der Waals surface area contributed by atoms with E-state index in [1.165, 1.54) is 36.0 Å². The van der Waals surface area contributed by atoms with Gasteiger partial charge in [0.1, 0.15) is 0 Å². The Hall–Kier alpha value is -1.63. The maximum absolute atomic E-state index is 11.2. The van der Waals surface area contributed by atoms with Crippen LogP contribution in [-0.4, -0.2) is 5.78 Å². The molecule has 118 valence electrons. The van der Waals surface area contributed by atoms with Crippen LogP contribution in [0.25, 0.3) is 0 Å². The van der Waals surface area contributed by atoms with Crippen molar-refractivity contribution in [1.82, 2.24) is 0 Å². The monoisotopic (exact) mass is 296 g/mol. The van der Waals surface area contributed by atoms with Gasteiger partial charge in [-0.1, -0.05) is 55.4 Å². The summed E-state index contributed by atoms with van der Waals surface area (Å²) in [6.07, 6.45) is 17.9. The van der Waals surface area contributed by atoms with E-state index in [-0.39, 0.29) is 5.78 Å². The van der Waals surface area contributed by atoms with Gasteiger partial charge < -0.3 is 0 Å². The van der Waals surface area contributed by atoms with E-state index in [0.717, 1.165) is 12.0 Å². The minimum absolute atomic E-state index is 0.252.